The third-order valence-electron chi connectivity index (χ3n) is 3.62. The van der Waals surface area contributed by atoms with Crippen molar-refractivity contribution in [1.82, 2.24) is 5.43 Å². The van der Waals surface area contributed by atoms with Crippen LogP contribution in [0.25, 0.3) is 0 Å². The minimum Gasteiger partial charge on any atom is -0.508 e. The van der Waals surface area contributed by atoms with E-state index in [1.165, 1.54) is 5.56 Å². The number of phenols is 1. The second-order valence-electron chi connectivity index (χ2n) is 6.51. The van der Waals surface area contributed by atoms with Crippen molar-refractivity contribution >= 4 is 11.6 Å². The molecule has 2 rings (SSSR count). The maximum Gasteiger partial charge on any atom is 0.271 e. The van der Waals surface area contributed by atoms with E-state index in [-0.39, 0.29) is 17.1 Å². The molecule has 0 radical (unpaired) electrons. The third-order valence-corrected chi connectivity index (χ3v) is 3.62. The van der Waals surface area contributed by atoms with E-state index < -0.39 is 0 Å². The molecule has 0 saturated heterocycles. The predicted octanol–water partition coefficient (Wildman–Crippen LogP) is 3.84. The van der Waals surface area contributed by atoms with Crippen molar-refractivity contribution in [2.75, 3.05) is 0 Å². The molecule has 120 valence electrons. The Kier molecular flexibility index (Phi) is 4.84. The van der Waals surface area contributed by atoms with Gasteiger partial charge in [-0.2, -0.15) is 5.10 Å². The molecule has 1 amide bonds. The molecular formula is C19H22N2O2. The number of hydrogen-bond donors (Lipinski definition) is 2. The van der Waals surface area contributed by atoms with Crippen LogP contribution < -0.4 is 5.43 Å². The van der Waals surface area contributed by atoms with E-state index in [9.17, 15) is 9.90 Å². The van der Waals surface area contributed by atoms with Crippen LogP contribution in [-0.4, -0.2) is 16.7 Å². The van der Waals surface area contributed by atoms with Crippen molar-refractivity contribution in [2.45, 2.75) is 33.1 Å². The van der Waals surface area contributed by atoms with Gasteiger partial charge in [0.15, 0.2) is 0 Å². The molecule has 0 saturated carbocycles. The van der Waals surface area contributed by atoms with Gasteiger partial charge in [-0.15, -0.1) is 0 Å². The van der Waals surface area contributed by atoms with Gasteiger partial charge in [0, 0.05) is 5.56 Å². The molecule has 0 atom stereocenters. The highest BCUT2D eigenvalue weighted by molar-refractivity contribution is 6.00. The van der Waals surface area contributed by atoms with E-state index in [0.29, 0.717) is 11.3 Å². The second kappa shape index (κ2) is 6.65. The van der Waals surface area contributed by atoms with Crippen molar-refractivity contribution in [1.29, 1.82) is 0 Å². The van der Waals surface area contributed by atoms with Crippen molar-refractivity contribution < 1.29 is 9.90 Å². The Labute approximate surface area is 136 Å². The Morgan fingerprint density at radius 2 is 1.48 bits per heavy atom. The predicted molar refractivity (Wildman–Crippen MR) is 92.9 cm³/mol. The Morgan fingerprint density at radius 1 is 0.957 bits per heavy atom. The summed E-state index contributed by atoms with van der Waals surface area (Å²) in [6, 6.07) is 14.2. The summed E-state index contributed by atoms with van der Waals surface area (Å²) in [5, 5.41) is 13.4. The van der Waals surface area contributed by atoms with E-state index in [1.807, 2.05) is 12.1 Å². The van der Waals surface area contributed by atoms with Crippen LogP contribution in [0.5, 0.6) is 5.75 Å². The summed E-state index contributed by atoms with van der Waals surface area (Å²) >= 11 is 0. The first-order chi connectivity index (χ1) is 10.8. The highest BCUT2D eigenvalue weighted by atomic mass is 16.3. The standard InChI is InChI=1S/C19H22N2O2/c1-13(14-7-11-17(22)12-8-14)20-21-18(23)15-5-9-16(10-6-15)19(2,3)4/h5-12,22H,1-4H3,(H,21,23). The average Bonchev–Trinajstić information content (AvgIpc) is 2.52. The smallest absolute Gasteiger partial charge is 0.271 e. The first-order valence-corrected chi connectivity index (χ1v) is 7.52. The van der Waals surface area contributed by atoms with Gasteiger partial charge in [-0.1, -0.05) is 32.9 Å². The topological polar surface area (TPSA) is 61.7 Å². The lowest BCUT2D eigenvalue weighted by atomic mass is 9.87. The van der Waals surface area contributed by atoms with Crippen molar-refractivity contribution in [3.8, 4) is 5.75 Å². The number of phenolic OH excluding ortho intramolecular Hbond substituents is 1. The quantitative estimate of drug-likeness (QED) is 0.668. The molecule has 0 unspecified atom stereocenters. The van der Waals surface area contributed by atoms with Crippen LogP contribution in [0.4, 0.5) is 0 Å². The fraction of sp³-hybridized carbons (Fsp3) is 0.263. The van der Waals surface area contributed by atoms with Crippen LogP contribution >= 0.6 is 0 Å². The van der Waals surface area contributed by atoms with Crippen LogP contribution in [-0.2, 0) is 5.41 Å². The molecule has 0 fully saturated rings. The molecule has 4 heteroatoms. The van der Waals surface area contributed by atoms with Gasteiger partial charge in [-0.3, -0.25) is 4.79 Å². The highest BCUT2D eigenvalue weighted by Crippen LogP contribution is 2.22. The number of aromatic hydroxyl groups is 1. The summed E-state index contributed by atoms with van der Waals surface area (Å²) in [7, 11) is 0. The van der Waals surface area contributed by atoms with E-state index >= 15 is 0 Å². The molecular weight excluding hydrogens is 288 g/mol. The van der Waals surface area contributed by atoms with Gasteiger partial charge in [0.1, 0.15) is 5.75 Å². The molecule has 4 nitrogen and oxygen atoms in total. The zero-order chi connectivity index (χ0) is 17.0. The van der Waals surface area contributed by atoms with E-state index in [2.05, 4.69) is 31.3 Å². The summed E-state index contributed by atoms with van der Waals surface area (Å²) in [5.74, 6) is -0.0480. The Bertz CT molecular complexity index is 709. The molecule has 2 aromatic rings. The fourth-order valence-electron chi connectivity index (χ4n) is 2.09. The summed E-state index contributed by atoms with van der Waals surface area (Å²) in [6.07, 6.45) is 0. The second-order valence-corrected chi connectivity index (χ2v) is 6.51. The number of amides is 1. The monoisotopic (exact) mass is 310 g/mol. The van der Waals surface area contributed by atoms with E-state index in [0.717, 1.165) is 5.56 Å². The van der Waals surface area contributed by atoms with E-state index in [1.54, 1.807) is 43.3 Å². The van der Waals surface area contributed by atoms with Gasteiger partial charge in [0.05, 0.1) is 5.71 Å². The minimum absolute atomic E-state index is 0.0582. The molecule has 0 bridgehead atoms. The highest BCUT2D eigenvalue weighted by Gasteiger charge is 2.14. The Balaban J connectivity index is 2.07. The molecule has 0 heterocycles. The summed E-state index contributed by atoms with van der Waals surface area (Å²) in [6.45, 7) is 8.20. The number of hydrazone groups is 1. The molecule has 0 aromatic heterocycles. The van der Waals surface area contributed by atoms with Crippen LogP contribution in [0, 0.1) is 0 Å². The van der Waals surface area contributed by atoms with Crippen molar-refractivity contribution in [2.24, 2.45) is 5.10 Å². The normalized spacial score (nSPS) is 12.1. The van der Waals surface area contributed by atoms with Crippen LogP contribution in [0.15, 0.2) is 53.6 Å². The summed E-state index contributed by atoms with van der Waals surface area (Å²) in [4.78, 5) is 12.1. The largest absolute Gasteiger partial charge is 0.508 e. The Hall–Kier alpha value is -2.62. The SMILES string of the molecule is CC(=NNC(=O)c1ccc(C(C)(C)C)cc1)c1ccc(O)cc1. The molecule has 0 spiro atoms. The van der Waals surface area contributed by atoms with Gasteiger partial charge in [0.2, 0.25) is 0 Å². The fourth-order valence-corrected chi connectivity index (χ4v) is 2.09. The number of carbonyl (C=O) groups is 1. The third kappa shape index (κ3) is 4.42. The first-order valence-electron chi connectivity index (χ1n) is 7.52. The molecule has 0 aliphatic rings. The van der Waals surface area contributed by atoms with Crippen molar-refractivity contribution in [3.63, 3.8) is 0 Å². The lowest BCUT2D eigenvalue weighted by molar-refractivity contribution is 0.0955. The van der Waals surface area contributed by atoms with Gasteiger partial charge in [-0.25, -0.2) is 5.43 Å². The lowest BCUT2D eigenvalue weighted by Gasteiger charge is -2.18. The number of hydrogen-bond acceptors (Lipinski definition) is 3. The van der Waals surface area contributed by atoms with Crippen molar-refractivity contribution in [3.05, 3.63) is 65.2 Å². The number of rotatable bonds is 3. The Morgan fingerprint density at radius 3 is 2.00 bits per heavy atom. The van der Waals surface area contributed by atoms with Gasteiger partial charge >= 0.3 is 0 Å². The number of nitrogens with zero attached hydrogens (tertiary/aromatic N) is 1. The maximum absolute atomic E-state index is 12.1. The summed E-state index contributed by atoms with van der Waals surface area (Å²) < 4.78 is 0. The molecule has 0 aliphatic carbocycles. The zero-order valence-corrected chi connectivity index (χ0v) is 13.9. The number of nitrogens with one attached hydrogen (secondary N) is 1. The van der Waals surface area contributed by atoms with Crippen LogP contribution in [0.2, 0.25) is 0 Å². The number of benzene rings is 2. The van der Waals surface area contributed by atoms with Gasteiger partial charge in [0.25, 0.3) is 5.91 Å². The first kappa shape index (κ1) is 16.7. The van der Waals surface area contributed by atoms with Gasteiger partial charge < -0.3 is 5.11 Å². The molecule has 2 N–H and O–H groups in total. The average molecular weight is 310 g/mol. The zero-order valence-electron chi connectivity index (χ0n) is 13.9. The summed E-state index contributed by atoms with van der Waals surface area (Å²) in [5.41, 5.74) is 5.87. The minimum atomic E-state index is -0.247. The van der Waals surface area contributed by atoms with Crippen LogP contribution in [0.3, 0.4) is 0 Å². The molecule has 23 heavy (non-hydrogen) atoms. The lowest BCUT2D eigenvalue weighted by Crippen LogP contribution is -2.19. The maximum atomic E-state index is 12.1. The van der Waals surface area contributed by atoms with Gasteiger partial charge in [-0.05, 0) is 59.9 Å². The molecule has 0 aliphatic heterocycles. The van der Waals surface area contributed by atoms with E-state index in [4.69, 9.17) is 0 Å². The molecule has 2 aromatic carbocycles. The van der Waals surface area contributed by atoms with Crippen LogP contribution in [0.1, 0.15) is 49.2 Å². The number of carbonyl (C=O) groups excluding carboxylic acids is 1.